The molecule has 0 saturated heterocycles. The van der Waals surface area contributed by atoms with Crippen molar-refractivity contribution in [3.63, 3.8) is 0 Å². The fourth-order valence-corrected chi connectivity index (χ4v) is 3.50. The van der Waals surface area contributed by atoms with Crippen molar-refractivity contribution in [2.45, 2.75) is 25.3 Å². The van der Waals surface area contributed by atoms with Crippen molar-refractivity contribution in [3.8, 4) is 17.2 Å². The van der Waals surface area contributed by atoms with Crippen LogP contribution in [0.3, 0.4) is 0 Å². The van der Waals surface area contributed by atoms with Crippen LogP contribution in [0.4, 0.5) is 14.9 Å². The second-order valence-corrected chi connectivity index (χ2v) is 7.06. The molecule has 2 heterocycles. The summed E-state index contributed by atoms with van der Waals surface area (Å²) >= 11 is 6.28. The van der Waals surface area contributed by atoms with Gasteiger partial charge in [-0.2, -0.15) is 0 Å². The first-order chi connectivity index (χ1) is 13.6. The molecule has 2 amide bonds. The number of rotatable bonds is 2. The highest BCUT2D eigenvalue weighted by Crippen LogP contribution is 2.38. The van der Waals surface area contributed by atoms with Crippen LogP contribution in [0.5, 0.6) is 17.2 Å². The van der Waals surface area contributed by atoms with Crippen molar-refractivity contribution >= 4 is 23.3 Å². The molecule has 2 aromatic carbocycles. The van der Waals surface area contributed by atoms with E-state index >= 15 is 0 Å². The molecule has 0 fully saturated rings. The van der Waals surface area contributed by atoms with Crippen molar-refractivity contribution in [2.24, 2.45) is 0 Å². The lowest BCUT2D eigenvalue weighted by Gasteiger charge is -2.19. The molecular formula is C20H20ClFN2O4. The topological polar surface area (TPSA) is 68.8 Å². The first-order valence-electron chi connectivity index (χ1n) is 9.19. The number of carbonyl (C=O) groups excluding carboxylic acids is 1. The monoisotopic (exact) mass is 406 g/mol. The maximum Gasteiger partial charge on any atom is 0.319 e. The van der Waals surface area contributed by atoms with Crippen molar-refractivity contribution in [1.29, 1.82) is 0 Å². The van der Waals surface area contributed by atoms with E-state index in [1.165, 1.54) is 12.1 Å². The van der Waals surface area contributed by atoms with Crippen LogP contribution in [-0.2, 0) is 0 Å². The molecule has 2 aromatic rings. The Balaban J connectivity index is 1.51. The number of hydrogen-bond acceptors (Lipinski definition) is 4. The van der Waals surface area contributed by atoms with Crippen LogP contribution in [0.2, 0.25) is 5.02 Å². The molecule has 2 aliphatic rings. The summed E-state index contributed by atoms with van der Waals surface area (Å²) in [5, 5.41) is 5.97. The summed E-state index contributed by atoms with van der Waals surface area (Å²) in [5.74, 6) is 1.30. The van der Waals surface area contributed by atoms with Crippen LogP contribution >= 0.6 is 11.6 Å². The third kappa shape index (κ3) is 4.09. The van der Waals surface area contributed by atoms with Gasteiger partial charge in [0.25, 0.3) is 0 Å². The maximum absolute atomic E-state index is 13.7. The van der Waals surface area contributed by atoms with Gasteiger partial charge in [-0.1, -0.05) is 11.6 Å². The SMILES string of the molecule is O=C(Nc1cc2c(cc1Cl)OCCCO2)N[C@@H]1CCCOc2ccc(F)cc21. The number of urea groups is 1. The van der Waals surface area contributed by atoms with E-state index in [9.17, 15) is 9.18 Å². The molecule has 1 atom stereocenters. The summed E-state index contributed by atoms with van der Waals surface area (Å²) in [7, 11) is 0. The second kappa shape index (κ2) is 8.14. The molecule has 0 unspecified atom stereocenters. The second-order valence-electron chi connectivity index (χ2n) is 6.65. The van der Waals surface area contributed by atoms with Crippen LogP contribution in [-0.4, -0.2) is 25.9 Å². The average Bonchev–Trinajstić information content (AvgIpc) is 3.00. The summed E-state index contributed by atoms with van der Waals surface area (Å²) in [4.78, 5) is 12.6. The van der Waals surface area contributed by atoms with Crippen LogP contribution in [0.25, 0.3) is 0 Å². The number of amides is 2. The minimum Gasteiger partial charge on any atom is -0.493 e. The van der Waals surface area contributed by atoms with Gasteiger partial charge in [-0.3, -0.25) is 0 Å². The van der Waals surface area contributed by atoms with Crippen molar-refractivity contribution < 1.29 is 23.4 Å². The number of hydrogen-bond donors (Lipinski definition) is 2. The number of halogens is 2. The molecule has 0 aromatic heterocycles. The molecule has 0 saturated carbocycles. The van der Waals surface area contributed by atoms with E-state index in [-0.39, 0.29) is 11.9 Å². The Hall–Kier alpha value is -2.67. The van der Waals surface area contributed by atoms with Gasteiger partial charge in [0.2, 0.25) is 0 Å². The largest absolute Gasteiger partial charge is 0.493 e. The molecule has 28 heavy (non-hydrogen) atoms. The first-order valence-corrected chi connectivity index (χ1v) is 9.57. The predicted molar refractivity (Wildman–Crippen MR) is 103 cm³/mol. The van der Waals surface area contributed by atoms with E-state index < -0.39 is 6.03 Å². The van der Waals surface area contributed by atoms with Crippen LogP contribution in [0.15, 0.2) is 30.3 Å². The molecule has 0 bridgehead atoms. The number of anilines is 1. The molecule has 8 heteroatoms. The summed E-state index contributed by atoms with van der Waals surface area (Å²) < 4.78 is 30.6. The number of benzene rings is 2. The Morgan fingerprint density at radius 2 is 1.71 bits per heavy atom. The Kier molecular flexibility index (Phi) is 5.43. The van der Waals surface area contributed by atoms with Gasteiger partial charge in [-0.25, -0.2) is 9.18 Å². The Bertz CT molecular complexity index is 893. The molecule has 0 aliphatic carbocycles. The maximum atomic E-state index is 13.7. The number of fused-ring (bicyclic) bond motifs is 2. The smallest absolute Gasteiger partial charge is 0.319 e. The van der Waals surface area contributed by atoms with Crippen molar-refractivity contribution in [1.82, 2.24) is 5.32 Å². The molecule has 0 radical (unpaired) electrons. The normalized spacial score (nSPS) is 18.1. The average molecular weight is 407 g/mol. The summed E-state index contributed by atoms with van der Waals surface area (Å²) in [6, 6.07) is 6.79. The van der Waals surface area contributed by atoms with Gasteiger partial charge >= 0.3 is 6.03 Å². The molecule has 6 nitrogen and oxygen atoms in total. The standard InChI is InChI=1S/C20H20ClFN2O4/c21-14-10-18-19(28-8-2-7-27-18)11-16(14)24-20(25)23-15-3-1-6-26-17-5-4-12(22)9-13(15)17/h4-5,9-11,15H,1-3,6-8H2,(H2,23,24,25)/t15-/m1/s1. The van der Waals surface area contributed by atoms with Gasteiger partial charge < -0.3 is 24.8 Å². The molecule has 2 aliphatic heterocycles. The number of carbonyl (C=O) groups is 1. The summed E-state index contributed by atoms with van der Waals surface area (Å²) in [5.41, 5.74) is 1.03. The van der Waals surface area contributed by atoms with Gasteiger partial charge in [0, 0.05) is 24.1 Å². The van der Waals surface area contributed by atoms with E-state index in [1.807, 2.05) is 0 Å². The zero-order chi connectivity index (χ0) is 19.5. The van der Waals surface area contributed by atoms with E-state index in [4.69, 9.17) is 25.8 Å². The molecule has 148 valence electrons. The third-order valence-corrected chi connectivity index (χ3v) is 4.95. The highest BCUT2D eigenvalue weighted by atomic mass is 35.5. The molecule has 2 N–H and O–H groups in total. The van der Waals surface area contributed by atoms with E-state index in [0.717, 1.165) is 12.8 Å². The molecule has 4 rings (SSSR count). The van der Waals surface area contributed by atoms with Gasteiger partial charge in [0.15, 0.2) is 11.5 Å². The Morgan fingerprint density at radius 3 is 2.54 bits per heavy atom. The van der Waals surface area contributed by atoms with Crippen molar-refractivity contribution in [2.75, 3.05) is 25.1 Å². The van der Waals surface area contributed by atoms with Gasteiger partial charge in [0.1, 0.15) is 11.6 Å². The lowest BCUT2D eigenvalue weighted by molar-refractivity contribution is 0.247. The lowest BCUT2D eigenvalue weighted by Crippen LogP contribution is -2.32. The van der Waals surface area contributed by atoms with Crippen LogP contribution in [0, 0.1) is 5.82 Å². The zero-order valence-electron chi connectivity index (χ0n) is 15.1. The van der Waals surface area contributed by atoms with E-state index in [2.05, 4.69) is 10.6 Å². The molecule has 0 spiro atoms. The summed E-state index contributed by atoms with van der Waals surface area (Å²) in [6.45, 7) is 1.60. The number of nitrogens with one attached hydrogen (secondary N) is 2. The molecular weight excluding hydrogens is 387 g/mol. The number of ether oxygens (including phenoxy) is 3. The fourth-order valence-electron chi connectivity index (χ4n) is 3.29. The minimum atomic E-state index is -0.446. The summed E-state index contributed by atoms with van der Waals surface area (Å²) in [6.07, 6.45) is 2.15. The fraction of sp³-hybridized carbons (Fsp3) is 0.350. The highest BCUT2D eigenvalue weighted by molar-refractivity contribution is 6.34. The Labute approximate surface area is 166 Å². The Morgan fingerprint density at radius 1 is 1.00 bits per heavy atom. The van der Waals surface area contributed by atoms with E-state index in [0.29, 0.717) is 59.8 Å². The van der Waals surface area contributed by atoms with Gasteiger partial charge in [0.05, 0.1) is 36.6 Å². The van der Waals surface area contributed by atoms with Crippen LogP contribution in [0.1, 0.15) is 30.9 Å². The quantitative estimate of drug-likeness (QED) is 0.760. The minimum absolute atomic E-state index is 0.343. The lowest BCUT2D eigenvalue weighted by atomic mass is 10.0. The van der Waals surface area contributed by atoms with Gasteiger partial charge in [-0.05, 0) is 31.0 Å². The van der Waals surface area contributed by atoms with Crippen molar-refractivity contribution in [3.05, 3.63) is 46.7 Å². The van der Waals surface area contributed by atoms with Crippen LogP contribution < -0.4 is 24.8 Å². The van der Waals surface area contributed by atoms with Gasteiger partial charge in [-0.15, -0.1) is 0 Å². The zero-order valence-corrected chi connectivity index (χ0v) is 15.9. The predicted octanol–water partition coefficient (Wildman–Crippen LogP) is 4.68. The highest BCUT2D eigenvalue weighted by Gasteiger charge is 2.23. The van der Waals surface area contributed by atoms with E-state index in [1.54, 1.807) is 18.2 Å². The third-order valence-electron chi connectivity index (χ3n) is 4.63. The first kappa shape index (κ1) is 18.7.